The van der Waals surface area contributed by atoms with Crippen molar-refractivity contribution in [3.8, 4) is 5.75 Å². The second kappa shape index (κ2) is 6.89. The van der Waals surface area contributed by atoms with E-state index in [0.717, 1.165) is 17.4 Å². The number of nitrogens with one attached hydrogen (secondary N) is 1. The highest BCUT2D eigenvalue weighted by Gasteiger charge is 2.16. The van der Waals surface area contributed by atoms with Crippen molar-refractivity contribution in [2.24, 2.45) is 0 Å². The van der Waals surface area contributed by atoms with Crippen molar-refractivity contribution in [3.05, 3.63) is 58.1 Å². The van der Waals surface area contributed by atoms with E-state index in [0.29, 0.717) is 11.1 Å². The van der Waals surface area contributed by atoms with Gasteiger partial charge in [-0.05, 0) is 41.9 Å². The summed E-state index contributed by atoms with van der Waals surface area (Å²) in [5.41, 5.74) is 1.14. The standard InChI is InChI=1S/C16H16BrF2NO/c1-3-21-15-7-5-4-6-12(15)10(2)20-16-13(17)8-11(18)9-14(16)19/h4-10,20H,3H2,1-2H3. The van der Waals surface area contributed by atoms with Crippen LogP contribution >= 0.6 is 15.9 Å². The maximum atomic E-state index is 13.9. The molecule has 0 fully saturated rings. The molecule has 1 atom stereocenters. The molecule has 0 aliphatic heterocycles. The Hall–Kier alpha value is -1.62. The molecule has 2 rings (SSSR count). The largest absolute Gasteiger partial charge is 0.494 e. The van der Waals surface area contributed by atoms with Crippen molar-refractivity contribution < 1.29 is 13.5 Å². The zero-order valence-corrected chi connectivity index (χ0v) is 13.4. The molecule has 1 N–H and O–H groups in total. The van der Waals surface area contributed by atoms with Crippen LogP contribution in [-0.2, 0) is 0 Å². The summed E-state index contributed by atoms with van der Waals surface area (Å²) in [6.45, 7) is 4.36. The number of benzene rings is 2. The third-order valence-corrected chi connectivity index (χ3v) is 3.68. The zero-order valence-electron chi connectivity index (χ0n) is 11.8. The predicted molar refractivity (Wildman–Crippen MR) is 83.7 cm³/mol. The van der Waals surface area contributed by atoms with Gasteiger partial charge in [0, 0.05) is 16.1 Å². The molecule has 0 aromatic heterocycles. The van der Waals surface area contributed by atoms with Gasteiger partial charge >= 0.3 is 0 Å². The van der Waals surface area contributed by atoms with Crippen LogP contribution in [0.2, 0.25) is 0 Å². The molecular formula is C16H16BrF2NO. The van der Waals surface area contributed by atoms with Gasteiger partial charge in [0.15, 0.2) is 0 Å². The fraction of sp³-hybridized carbons (Fsp3) is 0.250. The Labute approximate surface area is 131 Å². The number of hydrogen-bond acceptors (Lipinski definition) is 2. The first kappa shape index (κ1) is 15.8. The van der Waals surface area contributed by atoms with Crippen molar-refractivity contribution in [3.63, 3.8) is 0 Å². The second-order valence-electron chi connectivity index (χ2n) is 4.58. The summed E-state index contributed by atoms with van der Waals surface area (Å²) in [4.78, 5) is 0. The van der Waals surface area contributed by atoms with Gasteiger partial charge in [-0.3, -0.25) is 0 Å². The minimum atomic E-state index is -0.636. The predicted octanol–water partition coefficient (Wildman–Crippen LogP) is 5.30. The molecule has 0 saturated carbocycles. The molecule has 0 bridgehead atoms. The number of halogens is 3. The van der Waals surface area contributed by atoms with E-state index in [9.17, 15) is 8.78 Å². The van der Waals surface area contributed by atoms with Gasteiger partial charge in [0.2, 0.25) is 0 Å². The van der Waals surface area contributed by atoms with Crippen molar-refractivity contribution in [1.29, 1.82) is 0 Å². The first-order chi connectivity index (χ1) is 10.0. The summed E-state index contributed by atoms with van der Waals surface area (Å²) in [7, 11) is 0. The van der Waals surface area contributed by atoms with Crippen LogP contribution in [0.15, 0.2) is 40.9 Å². The first-order valence-corrected chi connectivity index (χ1v) is 7.45. The lowest BCUT2D eigenvalue weighted by Crippen LogP contribution is -2.10. The van der Waals surface area contributed by atoms with E-state index in [1.165, 1.54) is 6.07 Å². The molecule has 2 aromatic rings. The summed E-state index contributed by atoms with van der Waals surface area (Å²) in [6.07, 6.45) is 0. The van der Waals surface area contributed by atoms with Gasteiger partial charge in [-0.15, -0.1) is 0 Å². The van der Waals surface area contributed by atoms with Crippen LogP contribution in [0.25, 0.3) is 0 Å². The smallest absolute Gasteiger partial charge is 0.150 e. The monoisotopic (exact) mass is 355 g/mol. The van der Waals surface area contributed by atoms with Gasteiger partial charge in [-0.25, -0.2) is 8.78 Å². The minimum Gasteiger partial charge on any atom is -0.494 e. The summed E-state index contributed by atoms with van der Waals surface area (Å²) in [5, 5.41) is 3.05. The van der Waals surface area contributed by atoms with Crippen molar-refractivity contribution in [1.82, 2.24) is 0 Å². The molecule has 2 nitrogen and oxygen atoms in total. The van der Waals surface area contributed by atoms with E-state index < -0.39 is 11.6 Å². The molecule has 21 heavy (non-hydrogen) atoms. The molecule has 0 amide bonds. The van der Waals surface area contributed by atoms with Crippen LogP contribution in [0.3, 0.4) is 0 Å². The minimum absolute atomic E-state index is 0.191. The number of rotatable bonds is 5. The Morgan fingerprint density at radius 3 is 2.62 bits per heavy atom. The first-order valence-electron chi connectivity index (χ1n) is 6.65. The maximum absolute atomic E-state index is 13.9. The summed E-state index contributed by atoms with van der Waals surface area (Å²) in [6, 6.07) is 9.46. The molecule has 0 saturated heterocycles. The molecule has 0 aliphatic carbocycles. The second-order valence-corrected chi connectivity index (χ2v) is 5.44. The summed E-state index contributed by atoms with van der Waals surface area (Å²) >= 11 is 3.17. The summed E-state index contributed by atoms with van der Waals surface area (Å²) < 4.78 is 32.9. The Kier molecular flexibility index (Phi) is 5.17. The quantitative estimate of drug-likeness (QED) is 0.785. The topological polar surface area (TPSA) is 21.3 Å². The van der Waals surface area contributed by atoms with E-state index >= 15 is 0 Å². The van der Waals surface area contributed by atoms with Crippen LogP contribution < -0.4 is 10.1 Å². The lowest BCUT2D eigenvalue weighted by molar-refractivity contribution is 0.335. The zero-order chi connectivity index (χ0) is 15.4. The van der Waals surface area contributed by atoms with Gasteiger partial charge in [0.1, 0.15) is 17.4 Å². The third-order valence-electron chi connectivity index (χ3n) is 3.05. The molecule has 0 radical (unpaired) electrons. The average Bonchev–Trinajstić information content (AvgIpc) is 2.43. The number of ether oxygens (including phenoxy) is 1. The molecular weight excluding hydrogens is 340 g/mol. The van der Waals surface area contributed by atoms with E-state index in [4.69, 9.17) is 4.74 Å². The molecule has 5 heteroatoms. The fourth-order valence-corrected chi connectivity index (χ4v) is 2.62. The highest BCUT2D eigenvalue weighted by atomic mass is 79.9. The van der Waals surface area contributed by atoms with Crippen LogP contribution in [0.4, 0.5) is 14.5 Å². The van der Waals surface area contributed by atoms with Crippen molar-refractivity contribution >= 4 is 21.6 Å². The van der Waals surface area contributed by atoms with Crippen LogP contribution in [-0.4, -0.2) is 6.61 Å². The molecule has 2 aromatic carbocycles. The normalized spacial score (nSPS) is 12.0. The summed E-state index contributed by atoms with van der Waals surface area (Å²) in [5.74, 6) is -0.506. The van der Waals surface area contributed by atoms with E-state index in [1.54, 1.807) is 0 Å². The third kappa shape index (κ3) is 3.73. The van der Waals surface area contributed by atoms with Gasteiger partial charge < -0.3 is 10.1 Å². The fourth-order valence-electron chi connectivity index (χ4n) is 2.10. The van der Waals surface area contributed by atoms with Crippen molar-refractivity contribution in [2.45, 2.75) is 19.9 Å². The molecule has 0 heterocycles. The molecule has 112 valence electrons. The Bertz CT molecular complexity index is 610. The average molecular weight is 356 g/mol. The van der Waals surface area contributed by atoms with Crippen LogP contribution in [0.5, 0.6) is 5.75 Å². The SMILES string of the molecule is CCOc1ccccc1C(C)Nc1c(F)cc(F)cc1Br. The van der Waals surface area contributed by atoms with Gasteiger partial charge in [-0.2, -0.15) is 0 Å². The number of para-hydroxylation sites is 1. The lowest BCUT2D eigenvalue weighted by atomic mass is 10.1. The van der Waals surface area contributed by atoms with Crippen molar-refractivity contribution in [2.75, 3.05) is 11.9 Å². The van der Waals surface area contributed by atoms with E-state index in [-0.39, 0.29) is 11.7 Å². The van der Waals surface area contributed by atoms with Gasteiger partial charge in [-0.1, -0.05) is 18.2 Å². The van der Waals surface area contributed by atoms with Gasteiger partial charge in [0.05, 0.1) is 18.3 Å². The number of hydrogen-bond donors (Lipinski definition) is 1. The Balaban J connectivity index is 2.28. The highest BCUT2D eigenvalue weighted by molar-refractivity contribution is 9.10. The molecule has 0 spiro atoms. The Morgan fingerprint density at radius 1 is 1.24 bits per heavy atom. The maximum Gasteiger partial charge on any atom is 0.150 e. The lowest BCUT2D eigenvalue weighted by Gasteiger charge is -2.20. The van der Waals surface area contributed by atoms with Crippen LogP contribution in [0, 0.1) is 11.6 Å². The van der Waals surface area contributed by atoms with Gasteiger partial charge in [0.25, 0.3) is 0 Å². The molecule has 0 aliphatic rings. The molecule has 1 unspecified atom stereocenters. The highest BCUT2D eigenvalue weighted by Crippen LogP contribution is 2.32. The van der Waals surface area contributed by atoms with E-state index in [2.05, 4.69) is 21.2 Å². The Morgan fingerprint density at radius 2 is 1.95 bits per heavy atom. The van der Waals surface area contributed by atoms with E-state index in [1.807, 2.05) is 38.1 Å². The van der Waals surface area contributed by atoms with Crippen LogP contribution in [0.1, 0.15) is 25.5 Å². The number of anilines is 1.